The van der Waals surface area contributed by atoms with E-state index in [1.807, 2.05) is 13.0 Å². The lowest BCUT2D eigenvalue weighted by Gasteiger charge is -2.24. The summed E-state index contributed by atoms with van der Waals surface area (Å²) in [6, 6.07) is 5.42. The number of hydrogen-bond donors (Lipinski definition) is 3. The number of nitrogens with zero attached hydrogens (tertiary/aromatic N) is 1. The van der Waals surface area contributed by atoms with E-state index in [1.54, 1.807) is 31.2 Å². The SMILES string of the molecule is COC[C@@H](O)CNC(C)CN(C)C(=O)c1ccc2c(c1)CCC(=O)N2. The molecule has 2 atom stereocenters. The number of fused-ring (bicyclic) bond motifs is 1. The molecular formula is C18H27N3O4. The molecule has 1 aliphatic heterocycles. The number of likely N-dealkylation sites (N-methyl/N-ethyl adjacent to an activating group) is 1. The number of methoxy groups -OCH3 is 1. The van der Waals surface area contributed by atoms with E-state index in [4.69, 9.17) is 4.74 Å². The van der Waals surface area contributed by atoms with Gasteiger partial charge in [0.15, 0.2) is 0 Å². The molecule has 0 aromatic heterocycles. The number of nitrogens with one attached hydrogen (secondary N) is 2. The molecule has 138 valence electrons. The van der Waals surface area contributed by atoms with Crippen LogP contribution in [0, 0.1) is 0 Å². The van der Waals surface area contributed by atoms with Gasteiger partial charge in [0.1, 0.15) is 0 Å². The van der Waals surface area contributed by atoms with Crippen molar-refractivity contribution in [3.8, 4) is 0 Å². The van der Waals surface area contributed by atoms with Crippen molar-refractivity contribution in [1.29, 1.82) is 0 Å². The van der Waals surface area contributed by atoms with Gasteiger partial charge < -0.3 is 25.4 Å². The molecule has 0 saturated heterocycles. The maximum absolute atomic E-state index is 12.6. The zero-order valence-electron chi connectivity index (χ0n) is 15.0. The number of benzene rings is 1. The second kappa shape index (κ2) is 8.94. The van der Waals surface area contributed by atoms with Crippen molar-refractivity contribution in [3.63, 3.8) is 0 Å². The van der Waals surface area contributed by atoms with Crippen LogP contribution in [0.1, 0.15) is 29.3 Å². The highest BCUT2D eigenvalue weighted by Crippen LogP contribution is 2.24. The van der Waals surface area contributed by atoms with Gasteiger partial charge in [-0.3, -0.25) is 9.59 Å². The number of amides is 2. The van der Waals surface area contributed by atoms with Gasteiger partial charge in [-0.2, -0.15) is 0 Å². The average Bonchev–Trinajstić information content (AvgIpc) is 2.59. The summed E-state index contributed by atoms with van der Waals surface area (Å²) < 4.78 is 4.88. The van der Waals surface area contributed by atoms with Crippen molar-refractivity contribution in [1.82, 2.24) is 10.2 Å². The first kappa shape index (κ1) is 19.4. The highest BCUT2D eigenvalue weighted by Gasteiger charge is 2.19. The summed E-state index contributed by atoms with van der Waals surface area (Å²) in [5.74, 6) is -0.0509. The topological polar surface area (TPSA) is 90.9 Å². The third-order valence-corrected chi connectivity index (χ3v) is 4.20. The monoisotopic (exact) mass is 349 g/mol. The fourth-order valence-corrected chi connectivity index (χ4v) is 2.88. The minimum atomic E-state index is -0.565. The zero-order chi connectivity index (χ0) is 18.4. The lowest BCUT2D eigenvalue weighted by molar-refractivity contribution is -0.116. The fourth-order valence-electron chi connectivity index (χ4n) is 2.88. The Hall–Kier alpha value is -1.96. The Morgan fingerprint density at radius 2 is 2.20 bits per heavy atom. The number of carbonyl (C=O) groups is 2. The summed E-state index contributed by atoms with van der Waals surface area (Å²) in [5, 5.41) is 15.7. The first-order valence-corrected chi connectivity index (χ1v) is 8.49. The van der Waals surface area contributed by atoms with Gasteiger partial charge >= 0.3 is 0 Å². The Labute approximate surface area is 148 Å². The van der Waals surface area contributed by atoms with Gasteiger partial charge in [-0.15, -0.1) is 0 Å². The van der Waals surface area contributed by atoms with Crippen LogP contribution >= 0.6 is 0 Å². The molecular weight excluding hydrogens is 322 g/mol. The number of aliphatic hydroxyl groups excluding tert-OH is 1. The summed E-state index contributed by atoms with van der Waals surface area (Å²) in [5.41, 5.74) is 2.40. The van der Waals surface area contributed by atoms with Crippen LogP contribution in [-0.2, 0) is 16.0 Å². The van der Waals surface area contributed by atoms with Gasteiger partial charge in [0.2, 0.25) is 5.91 Å². The number of aliphatic hydroxyl groups is 1. The molecule has 1 aromatic carbocycles. The second-order valence-electron chi connectivity index (χ2n) is 6.52. The highest BCUT2D eigenvalue weighted by atomic mass is 16.5. The molecule has 25 heavy (non-hydrogen) atoms. The Balaban J connectivity index is 1.90. The van der Waals surface area contributed by atoms with Crippen molar-refractivity contribution in [2.24, 2.45) is 0 Å². The largest absolute Gasteiger partial charge is 0.389 e. The van der Waals surface area contributed by atoms with E-state index in [1.165, 1.54) is 0 Å². The summed E-state index contributed by atoms with van der Waals surface area (Å²) in [6.45, 7) is 3.17. The van der Waals surface area contributed by atoms with Crippen LogP contribution in [0.25, 0.3) is 0 Å². The maximum Gasteiger partial charge on any atom is 0.253 e. The Morgan fingerprint density at radius 1 is 1.44 bits per heavy atom. The Kier molecular flexibility index (Phi) is 6.92. The first-order chi connectivity index (χ1) is 11.9. The predicted molar refractivity (Wildman–Crippen MR) is 95.7 cm³/mol. The number of carbonyl (C=O) groups excluding carboxylic acids is 2. The van der Waals surface area contributed by atoms with Crippen LogP contribution in [0.2, 0.25) is 0 Å². The van der Waals surface area contributed by atoms with Crippen LogP contribution in [0.15, 0.2) is 18.2 Å². The van der Waals surface area contributed by atoms with Crippen molar-refractivity contribution in [2.75, 3.05) is 39.2 Å². The molecule has 2 amide bonds. The lowest BCUT2D eigenvalue weighted by Crippen LogP contribution is -2.43. The Bertz CT molecular complexity index is 620. The molecule has 0 radical (unpaired) electrons. The molecule has 1 aliphatic rings. The average molecular weight is 349 g/mol. The number of rotatable bonds is 8. The molecule has 1 heterocycles. The van der Waals surface area contributed by atoms with E-state index in [2.05, 4.69) is 10.6 Å². The van der Waals surface area contributed by atoms with Gasteiger partial charge in [0, 0.05) is 51.0 Å². The van der Waals surface area contributed by atoms with Crippen LogP contribution in [-0.4, -0.2) is 67.8 Å². The number of ether oxygens (including phenoxy) is 1. The fraction of sp³-hybridized carbons (Fsp3) is 0.556. The van der Waals surface area contributed by atoms with Gasteiger partial charge in [0.05, 0.1) is 12.7 Å². The minimum Gasteiger partial charge on any atom is -0.389 e. The van der Waals surface area contributed by atoms with E-state index >= 15 is 0 Å². The van der Waals surface area contributed by atoms with Crippen LogP contribution in [0.3, 0.4) is 0 Å². The predicted octanol–water partition coefficient (Wildman–Crippen LogP) is 0.629. The number of aryl methyl sites for hydroxylation is 1. The van der Waals surface area contributed by atoms with E-state index in [9.17, 15) is 14.7 Å². The molecule has 1 aromatic rings. The Morgan fingerprint density at radius 3 is 2.92 bits per heavy atom. The van der Waals surface area contributed by atoms with Gasteiger partial charge in [-0.1, -0.05) is 0 Å². The van der Waals surface area contributed by atoms with Crippen molar-refractivity contribution in [3.05, 3.63) is 29.3 Å². The van der Waals surface area contributed by atoms with Gasteiger partial charge in [0.25, 0.3) is 5.91 Å². The molecule has 0 spiro atoms. The third kappa shape index (κ3) is 5.52. The first-order valence-electron chi connectivity index (χ1n) is 8.49. The van der Waals surface area contributed by atoms with E-state index < -0.39 is 6.10 Å². The molecule has 3 N–H and O–H groups in total. The normalized spacial score (nSPS) is 15.9. The molecule has 7 nitrogen and oxygen atoms in total. The molecule has 0 aliphatic carbocycles. The molecule has 2 rings (SSSR count). The van der Waals surface area contributed by atoms with Crippen molar-refractivity contribution >= 4 is 17.5 Å². The van der Waals surface area contributed by atoms with Crippen LogP contribution in [0.5, 0.6) is 0 Å². The molecule has 0 bridgehead atoms. The zero-order valence-corrected chi connectivity index (χ0v) is 15.0. The van der Waals surface area contributed by atoms with Crippen molar-refractivity contribution in [2.45, 2.75) is 31.9 Å². The highest BCUT2D eigenvalue weighted by molar-refractivity contribution is 5.97. The quantitative estimate of drug-likeness (QED) is 0.640. The smallest absolute Gasteiger partial charge is 0.253 e. The third-order valence-electron chi connectivity index (χ3n) is 4.20. The van der Waals surface area contributed by atoms with E-state index in [0.29, 0.717) is 31.5 Å². The minimum absolute atomic E-state index is 0.0132. The lowest BCUT2D eigenvalue weighted by atomic mass is 10.00. The molecule has 0 fully saturated rings. The molecule has 0 saturated carbocycles. The maximum atomic E-state index is 12.6. The molecule has 1 unspecified atom stereocenters. The van der Waals surface area contributed by atoms with E-state index in [0.717, 1.165) is 11.3 Å². The standard InChI is InChI=1S/C18H27N3O4/c1-12(19-9-15(22)11-25-3)10-21(2)18(24)14-4-6-16-13(8-14)5-7-17(23)20-16/h4,6,8,12,15,19,22H,5,7,9-11H2,1-3H3,(H,20,23)/t12?,15-/m0/s1. The van der Waals surface area contributed by atoms with Crippen molar-refractivity contribution < 1.29 is 19.4 Å². The van der Waals surface area contributed by atoms with Crippen LogP contribution in [0.4, 0.5) is 5.69 Å². The summed E-state index contributed by atoms with van der Waals surface area (Å²) in [4.78, 5) is 25.7. The van der Waals surface area contributed by atoms with Gasteiger partial charge in [-0.25, -0.2) is 0 Å². The van der Waals surface area contributed by atoms with Crippen LogP contribution < -0.4 is 10.6 Å². The summed E-state index contributed by atoms with van der Waals surface area (Å²) in [6.07, 6.45) is 0.538. The molecule has 7 heteroatoms. The summed E-state index contributed by atoms with van der Waals surface area (Å²) >= 11 is 0. The van der Waals surface area contributed by atoms with E-state index in [-0.39, 0.29) is 24.5 Å². The number of hydrogen-bond acceptors (Lipinski definition) is 5. The second-order valence-corrected chi connectivity index (χ2v) is 6.52. The number of anilines is 1. The van der Waals surface area contributed by atoms with Gasteiger partial charge in [-0.05, 0) is 37.1 Å². The summed E-state index contributed by atoms with van der Waals surface area (Å²) in [7, 11) is 3.30.